The Morgan fingerprint density at radius 2 is 1.52 bits per heavy atom. The van der Waals surface area contributed by atoms with Gasteiger partial charge < -0.3 is 14.2 Å². The van der Waals surface area contributed by atoms with E-state index in [9.17, 15) is 4.79 Å². The summed E-state index contributed by atoms with van der Waals surface area (Å²) in [6.45, 7) is 0. The van der Waals surface area contributed by atoms with Crippen LogP contribution in [0.3, 0.4) is 0 Å². The van der Waals surface area contributed by atoms with Gasteiger partial charge in [0.25, 0.3) is 0 Å². The number of benzene rings is 2. The zero-order valence-electron chi connectivity index (χ0n) is 18.7. The molecule has 33 heavy (non-hydrogen) atoms. The minimum atomic E-state index is -0.143. The van der Waals surface area contributed by atoms with Crippen LogP contribution in [0.4, 0.5) is 0 Å². The second-order valence-electron chi connectivity index (χ2n) is 7.16. The first-order valence-electron chi connectivity index (χ1n) is 10.4. The summed E-state index contributed by atoms with van der Waals surface area (Å²) in [7, 11) is 4.77. The maximum absolute atomic E-state index is 12.5. The van der Waals surface area contributed by atoms with Crippen molar-refractivity contribution in [2.24, 2.45) is 0 Å². The van der Waals surface area contributed by atoms with E-state index in [1.807, 2.05) is 59.1 Å². The predicted molar refractivity (Wildman–Crippen MR) is 130 cm³/mol. The number of pyridine rings is 1. The molecule has 0 spiro atoms. The van der Waals surface area contributed by atoms with Gasteiger partial charge in [-0.25, -0.2) is 4.98 Å². The number of carbonyl (C=O) groups excluding carboxylic acids is 1. The quantitative estimate of drug-likeness (QED) is 0.347. The van der Waals surface area contributed by atoms with Crippen molar-refractivity contribution < 1.29 is 19.0 Å². The molecule has 0 aliphatic rings. The van der Waals surface area contributed by atoms with E-state index in [0.717, 1.165) is 16.9 Å². The molecule has 0 aliphatic heterocycles. The number of ketones is 1. The third kappa shape index (κ3) is 4.65. The van der Waals surface area contributed by atoms with E-state index in [0.29, 0.717) is 28.5 Å². The SMILES string of the molecule is COc1cc(OC)c(-c2c(/C=C/C(=O)/C=C/c3ccccc3)nc3ccccn23)c(OC)c1. The zero-order valence-corrected chi connectivity index (χ0v) is 18.7. The number of methoxy groups -OCH3 is 3. The second-order valence-corrected chi connectivity index (χ2v) is 7.16. The van der Waals surface area contributed by atoms with Crippen molar-refractivity contribution in [2.45, 2.75) is 0 Å². The van der Waals surface area contributed by atoms with Crippen LogP contribution >= 0.6 is 0 Å². The molecule has 2 heterocycles. The number of ether oxygens (including phenoxy) is 3. The van der Waals surface area contributed by atoms with Gasteiger partial charge in [0.2, 0.25) is 0 Å². The lowest BCUT2D eigenvalue weighted by Gasteiger charge is -2.15. The molecule has 2 aromatic heterocycles. The monoisotopic (exact) mass is 440 g/mol. The summed E-state index contributed by atoms with van der Waals surface area (Å²) in [5.41, 5.74) is 3.77. The van der Waals surface area contributed by atoms with E-state index in [2.05, 4.69) is 0 Å². The van der Waals surface area contributed by atoms with Crippen molar-refractivity contribution >= 4 is 23.6 Å². The molecule has 0 fully saturated rings. The van der Waals surface area contributed by atoms with E-state index in [1.54, 1.807) is 45.6 Å². The highest BCUT2D eigenvalue weighted by atomic mass is 16.5. The Morgan fingerprint density at radius 1 is 0.848 bits per heavy atom. The molecular weight excluding hydrogens is 416 g/mol. The van der Waals surface area contributed by atoms with Gasteiger partial charge in [-0.05, 0) is 35.9 Å². The third-order valence-electron chi connectivity index (χ3n) is 5.15. The summed E-state index contributed by atoms with van der Waals surface area (Å²) in [6.07, 6.45) is 8.45. The van der Waals surface area contributed by atoms with Crippen molar-refractivity contribution in [3.63, 3.8) is 0 Å². The number of allylic oxidation sites excluding steroid dienone is 2. The van der Waals surface area contributed by atoms with Gasteiger partial charge in [-0.2, -0.15) is 0 Å². The molecule has 0 bridgehead atoms. The normalized spacial score (nSPS) is 11.4. The second kappa shape index (κ2) is 9.87. The van der Waals surface area contributed by atoms with E-state index in [1.165, 1.54) is 12.2 Å². The van der Waals surface area contributed by atoms with Gasteiger partial charge >= 0.3 is 0 Å². The fraction of sp³-hybridized carbons (Fsp3) is 0.111. The van der Waals surface area contributed by atoms with Crippen molar-refractivity contribution in [1.29, 1.82) is 0 Å². The summed E-state index contributed by atoms with van der Waals surface area (Å²) in [4.78, 5) is 17.2. The van der Waals surface area contributed by atoms with Crippen molar-refractivity contribution in [3.05, 3.63) is 90.3 Å². The van der Waals surface area contributed by atoms with Gasteiger partial charge in [-0.1, -0.05) is 42.5 Å². The average Bonchev–Trinajstić information content (AvgIpc) is 3.23. The summed E-state index contributed by atoms with van der Waals surface area (Å²) < 4.78 is 18.7. The number of rotatable bonds is 8. The summed E-state index contributed by atoms with van der Waals surface area (Å²) in [5, 5.41) is 0. The molecule has 4 rings (SSSR count). The van der Waals surface area contributed by atoms with Crippen LogP contribution in [-0.4, -0.2) is 36.5 Å². The van der Waals surface area contributed by atoms with Crippen molar-refractivity contribution in [3.8, 4) is 28.5 Å². The topological polar surface area (TPSA) is 62.1 Å². The number of hydrogen-bond donors (Lipinski definition) is 0. The molecule has 2 aromatic carbocycles. The molecule has 0 N–H and O–H groups in total. The molecule has 6 nitrogen and oxygen atoms in total. The summed E-state index contributed by atoms with van der Waals surface area (Å²) in [6, 6.07) is 19.0. The Balaban J connectivity index is 1.80. The number of hydrogen-bond acceptors (Lipinski definition) is 5. The van der Waals surface area contributed by atoms with Crippen LogP contribution in [0.25, 0.3) is 29.1 Å². The largest absolute Gasteiger partial charge is 0.496 e. The summed E-state index contributed by atoms with van der Waals surface area (Å²) >= 11 is 0. The number of fused-ring (bicyclic) bond motifs is 1. The first kappa shape index (κ1) is 21.9. The molecule has 0 saturated carbocycles. The highest BCUT2D eigenvalue weighted by molar-refractivity contribution is 6.05. The number of carbonyl (C=O) groups is 1. The third-order valence-corrected chi connectivity index (χ3v) is 5.15. The lowest BCUT2D eigenvalue weighted by molar-refractivity contribution is -0.110. The Labute approximate surface area is 192 Å². The van der Waals surface area contributed by atoms with Crippen LogP contribution < -0.4 is 14.2 Å². The van der Waals surface area contributed by atoms with Gasteiger partial charge in [0.05, 0.1) is 38.3 Å². The van der Waals surface area contributed by atoms with E-state index < -0.39 is 0 Å². The maximum Gasteiger partial charge on any atom is 0.178 e. The molecule has 4 aromatic rings. The Morgan fingerprint density at radius 3 is 2.18 bits per heavy atom. The highest BCUT2D eigenvalue weighted by Gasteiger charge is 2.22. The van der Waals surface area contributed by atoms with E-state index in [-0.39, 0.29) is 5.78 Å². The van der Waals surface area contributed by atoms with Crippen LogP contribution in [0.5, 0.6) is 17.2 Å². The zero-order chi connectivity index (χ0) is 23.2. The predicted octanol–water partition coefficient (Wildman–Crippen LogP) is 5.32. The van der Waals surface area contributed by atoms with Gasteiger partial charge in [0.1, 0.15) is 22.9 Å². The van der Waals surface area contributed by atoms with E-state index in [4.69, 9.17) is 19.2 Å². The molecule has 0 saturated heterocycles. The van der Waals surface area contributed by atoms with Crippen LogP contribution in [0.15, 0.2) is 79.0 Å². The van der Waals surface area contributed by atoms with E-state index >= 15 is 0 Å². The molecule has 0 radical (unpaired) electrons. The lowest BCUT2D eigenvalue weighted by Crippen LogP contribution is -1.98. The lowest BCUT2D eigenvalue weighted by atomic mass is 10.1. The van der Waals surface area contributed by atoms with Crippen LogP contribution in [0.1, 0.15) is 11.3 Å². The summed E-state index contributed by atoms with van der Waals surface area (Å²) in [5.74, 6) is 1.61. The number of aromatic nitrogens is 2. The van der Waals surface area contributed by atoms with Crippen LogP contribution in [-0.2, 0) is 4.79 Å². The first-order chi connectivity index (χ1) is 16.1. The Bertz CT molecular complexity index is 1310. The molecular formula is C27H24N2O4. The van der Waals surface area contributed by atoms with Crippen molar-refractivity contribution in [2.75, 3.05) is 21.3 Å². The maximum atomic E-state index is 12.5. The highest BCUT2D eigenvalue weighted by Crippen LogP contribution is 2.43. The number of nitrogens with zero attached hydrogens (tertiary/aromatic N) is 2. The van der Waals surface area contributed by atoms with Gasteiger partial charge in [-0.15, -0.1) is 0 Å². The molecule has 0 amide bonds. The number of imidazole rings is 1. The fourth-order valence-electron chi connectivity index (χ4n) is 3.58. The van der Waals surface area contributed by atoms with Gasteiger partial charge in [0.15, 0.2) is 5.78 Å². The Hall–Kier alpha value is -4.32. The smallest absolute Gasteiger partial charge is 0.178 e. The molecule has 0 aliphatic carbocycles. The standard InChI is InChI=1S/C27H24N2O4/c1-31-21-17-23(32-2)26(24(18-21)33-3)27-22(28-25-11-7-8-16-29(25)27)15-14-20(30)13-12-19-9-5-4-6-10-19/h4-18H,1-3H3/b13-12+,15-14+. The van der Waals surface area contributed by atoms with Crippen molar-refractivity contribution in [1.82, 2.24) is 9.38 Å². The Kier molecular flexibility index (Phi) is 6.55. The molecule has 6 heteroatoms. The molecule has 166 valence electrons. The first-order valence-corrected chi connectivity index (χ1v) is 10.4. The molecule has 0 unspecified atom stereocenters. The van der Waals surface area contributed by atoms with Crippen LogP contribution in [0, 0.1) is 0 Å². The van der Waals surface area contributed by atoms with Gasteiger partial charge in [-0.3, -0.25) is 9.20 Å². The fourth-order valence-corrected chi connectivity index (χ4v) is 3.58. The minimum Gasteiger partial charge on any atom is -0.496 e. The van der Waals surface area contributed by atoms with Crippen LogP contribution in [0.2, 0.25) is 0 Å². The average molecular weight is 440 g/mol. The minimum absolute atomic E-state index is 0.143. The molecule has 0 atom stereocenters. The van der Waals surface area contributed by atoms with Gasteiger partial charge in [0, 0.05) is 18.3 Å².